The molecule has 0 saturated heterocycles. The van der Waals surface area contributed by atoms with Crippen molar-refractivity contribution in [3.8, 4) is 0 Å². The van der Waals surface area contributed by atoms with Crippen LogP contribution in [0.3, 0.4) is 0 Å². The zero-order valence-corrected chi connectivity index (χ0v) is 13.2. The highest BCUT2D eigenvalue weighted by Crippen LogP contribution is 2.09. The maximum atomic E-state index is 11.7. The number of sulfonamides is 1. The van der Waals surface area contributed by atoms with Crippen LogP contribution in [-0.2, 0) is 21.4 Å². The fourth-order valence-electron chi connectivity index (χ4n) is 1.69. The summed E-state index contributed by atoms with van der Waals surface area (Å²) in [4.78, 5) is 11.7. The van der Waals surface area contributed by atoms with E-state index in [1.165, 1.54) is 10.9 Å². The predicted octanol–water partition coefficient (Wildman–Crippen LogP) is -0.446. The number of nitrogens with zero attached hydrogens (tertiary/aromatic N) is 2. The number of carbonyl (C=O) groups excluding carboxylic acids is 1. The van der Waals surface area contributed by atoms with Crippen LogP contribution in [0.15, 0.2) is 17.3 Å². The second kappa shape index (κ2) is 7.01. The summed E-state index contributed by atoms with van der Waals surface area (Å²) < 4.78 is 23.6. The molecule has 0 spiro atoms. The van der Waals surface area contributed by atoms with Gasteiger partial charge in [0.05, 0.1) is 6.20 Å². The van der Waals surface area contributed by atoms with E-state index in [1.54, 1.807) is 0 Å². The summed E-state index contributed by atoms with van der Waals surface area (Å²) in [5.74, 6) is -0.153. The number of hydrogen-bond donors (Lipinski definition) is 3. The molecule has 9 heteroatoms. The average molecular weight is 317 g/mol. The molecule has 0 radical (unpaired) electrons. The highest BCUT2D eigenvalue weighted by atomic mass is 32.2. The molecule has 21 heavy (non-hydrogen) atoms. The van der Waals surface area contributed by atoms with Gasteiger partial charge in [0.15, 0.2) is 0 Å². The minimum absolute atomic E-state index is 0.0687. The molecule has 0 saturated carbocycles. The first-order valence-corrected chi connectivity index (χ1v) is 8.35. The molecule has 1 aromatic heterocycles. The van der Waals surface area contributed by atoms with Gasteiger partial charge in [-0.05, 0) is 12.8 Å². The quantitative estimate of drug-likeness (QED) is 0.597. The van der Waals surface area contributed by atoms with Crippen molar-refractivity contribution >= 4 is 15.9 Å². The maximum Gasteiger partial charge on any atom is 0.241 e. The Morgan fingerprint density at radius 2 is 2.05 bits per heavy atom. The number of carbonyl (C=O) groups is 1. The van der Waals surface area contributed by atoms with Gasteiger partial charge in [0.1, 0.15) is 4.90 Å². The average Bonchev–Trinajstić information content (AvgIpc) is 2.91. The van der Waals surface area contributed by atoms with Crippen molar-refractivity contribution in [1.82, 2.24) is 15.1 Å². The van der Waals surface area contributed by atoms with Crippen LogP contribution in [-0.4, -0.2) is 36.2 Å². The van der Waals surface area contributed by atoms with Gasteiger partial charge in [-0.3, -0.25) is 9.48 Å². The van der Waals surface area contributed by atoms with E-state index in [1.807, 2.05) is 13.8 Å². The lowest BCUT2D eigenvalue weighted by Crippen LogP contribution is -2.49. The third kappa shape index (κ3) is 5.44. The van der Waals surface area contributed by atoms with Crippen LogP contribution in [0.4, 0.5) is 0 Å². The van der Waals surface area contributed by atoms with Gasteiger partial charge in [0.25, 0.3) is 0 Å². The number of nitrogens with one attached hydrogen (secondary N) is 1. The molecule has 1 aromatic rings. The monoisotopic (exact) mass is 317 g/mol. The highest BCUT2D eigenvalue weighted by Gasteiger charge is 2.20. The number of aromatic nitrogens is 2. The number of nitrogens with two attached hydrogens (primary N) is 2. The van der Waals surface area contributed by atoms with Gasteiger partial charge in [-0.25, -0.2) is 13.6 Å². The van der Waals surface area contributed by atoms with Crippen LogP contribution < -0.4 is 16.2 Å². The number of aryl methyl sites for hydroxylation is 1. The fourth-order valence-corrected chi connectivity index (χ4v) is 2.16. The van der Waals surface area contributed by atoms with E-state index in [9.17, 15) is 13.2 Å². The van der Waals surface area contributed by atoms with E-state index < -0.39 is 10.0 Å². The maximum absolute atomic E-state index is 11.7. The first-order valence-electron chi connectivity index (χ1n) is 6.81. The van der Waals surface area contributed by atoms with Crippen LogP contribution in [0.2, 0.25) is 0 Å². The number of hydrogen-bond acceptors (Lipinski definition) is 5. The van der Waals surface area contributed by atoms with E-state index in [0.717, 1.165) is 19.0 Å². The molecule has 0 fully saturated rings. The highest BCUT2D eigenvalue weighted by molar-refractivity contribution is 7.89. The van der Waals surface area contributed by atoms with Crippen LogP contribution in [0.25, 0.3) is 0 Å². The number of primary sulfonamides is 1. The Kier molecular flexibility index (Phi) is 5.87. The number of amides is 1. The summed E-state index contributed by atoms with van der Waals surface area (Å²) in [5.41, 5.74) is 5.70. The van der Waals surface area contributed by atoms with Gasteiger partial charge in [-0.2, -0.15) is 5.10 Å². The summed E-state index contributed by atoms with van der Waals surface area (Å²) in [6.45, 7) is 4.65. The third-order valence-electron chi connectivity index (χ3n) is 3.55. The van der Waals surface area contributed by atoms with Crippen LogP contribution in [0.5, 0.6) is 0 Å². The lowest BCUT2D eigenvalue weighted by Gasteiger charge is -2.26. The molecular formula is C12H23N5O3S. The Bertz CT molecular complexity index is 577. The fraction of sp³-hybridized carbons (Fsp3) is 0.667. The zero-order chi connectivity index (χ0) is 16.1. The van der Waals surface area contributed by atoms with Crippen molar-refractivity contribution in [1.29, 1.82) is 0 Å². The second-order valence-corrected chi connectivity index (χ2v) is 6.64. The van der Waals surface area contributed by atoms with Gasteiger partial charge in [-0.1, -0.05) is 13.8 Å². The molecule has 0 aliphatic carbocycles. The Hall–Kier alpha value is -1.45. The Balaban J connectivity index is 2.45. The van der Waals surface area contributed by atoms with E-state index in [0.29, 0.717) is 6.54 Å². The van der Waals surface area contributed by atoms with Crippen molar-refractivity contribution in [2.24, 2.45) is 10.9 Å². The molecule has 0 bridgehead atoms. The molecule has 1 rings (SSSR count). The van der Waals surface area contributed by atoms with Gasteiger partial charge in [0, 0.05) is 31.2 Å². The molecule has 0 aliphatic rings. The molecule has 0 atom stereocenters. The van der Waals surface area contributed by atoms with Gasteiger partial charge in [0.2, 0.25) is 15.9 Å². The first-order chi connectivity index (χ1) is 9.70. The van der Waals surface area contributed by atoms with E-state index in [2.05, 4.69) is 10.4 Å². The molecule has 5 N–H and O–H groups in total. The minimum Gasteiger partial charge on any atom is -0.354 e. The Morgan fingerprint density at radius 3 is 2.52 bits per heavy atom. The van der Waals surface area contributed by atoms with Crippen molar-refractivity contribution in [2.75, 3.05) is 6.54 Å². The molecule has 0 aliphatic heterocycles. The van der Waals surface area contributed by atoms with E-state index in [-0.39, 0.29) is 29.3 Å². The van der Waals surface area contributed by atoms with E-state index >= 15 is 0 Å². The molecule has 0 unspecified atom stereocenters. The first kappa shape index (κ1) is 17.6. The molecule has 1 heterocycles. The lowest BCUT2D eigenvalue weighted by molar-refractivity contribution is -0.121. The van der Waals surface area contributed by atoms with Crippen molar-refractivity contribution in [2.45, 2.75) is 50.1 Å². The normalized spacial score (nSPS) is 12.4. The van der Waals surface area contributed by atoms with Crippen molar-refractivity contribution < 1.29 is 13.2 Å². The standard InChI is InChI=1S/C12H23N5O3S/c1-3-12(13,4-2)9-15-11(18)5-6-17-8-10(7-16-17)21(14,19)20/h7-8H,3-6,9,13H2,1-2H3,(H,15,18)(H2,14,19,20). The van der Waals surface area contributed by atoms with Crippen LogP contribution in [0, 0.1) is 0 Å². The van der Waals surface area contributed by atoms with Gasteiger partial charge in [-0.15, -0.1) is 0 Å². The molecule has 0 aromatic carbocycles. The topological polar surface area (TPSA) is 133 Å². The minimum atomic E-state index is -3.76. The van der Waals surface area contributed by atoms with Crippen molar-refractivity contribution in [3.05, 3.63) is 12.4 Å². The molecule has 8 nitrogen and oxygen atoms in total. The molecule has 1 amide bonds. The lowest BCUT2D eigenvalue weighted by atomic mass is 9.94. The summed E-state index contributed by atoms with van der Waals surface area (Å²) in [7, 11) is -3.76. The number of rotatable bonds is 8. The molecule has 120 valence electrons. The van der Waals surface area contributed by atoms with Crippen molar-refractivity contribution in [3.63, 3.8) is 0 Å². The predicted molar refractivity (Wildman–Crippen MR) is 78.7 cm³/mol. The second-order valence-electron chi connectivity index (χ2n) is 5.08. The van der Waals surface area contributed by atoms with E-state index in [4.69, 9.17) is 10.9 Å². The summed E-state index contributed by atoms with van der Waals surface area (Å²) >= 11 is 0. The smallest absolute Gasteiger partial charge is 0.241 e. The summed E-state index contributed by atoms with van der Waals surface area (Å²) in [5, 5.41) is 11.6. The Morgan fingerprint density at radius 1 is 1.43 bits per heavy atom. The largest absolute Gasteiger partial charge is 0.354 e. The third-order valence-corrected chi connectivity index (χ3v) is 4.42. The van der Waals surface area contributed by atoms with Gasteiger partial charge < -0.3 is 11.1 Å². The van der Waals surface area contributed by atoms with Crippen LogP contribution in [0.1, 0.15) is 33.1 Å². The SMILES string of the molecule is CCC(N)(CC)CNC(=O)CCn1cc(S(N)(=O)=O)cn1. The van der Waals surface area contributed by atoms with Gasteiger partial charge >= 0.3 is 0 Å². The molecular weight excluding hydrogens is 294 g/mol. The summed E-state index contributed by atoms with van der Waals surface area (Å²) in [6, 6.07) is 0. The zero-order valence-electron chi connectivity index (χ0n) is 12.4. The Labute approximate surface area is 124 Å². The van der Waals surface area contributed by atoms with Crippen LogP contribution >= 0.6 is 0 Å². The summed E-state index contributed by atoms with van der Waals surface area (Å²) in [6.07, 6.45) is 4.21.